The Kier molecular flexibility index (Phi) is 3.73. The molecule has 0 unspecified atom stereocenters. The van der Waals surface area contributed by atoms with Crippen LogP contribution in [0.4, 0.5) is 5.69 Å². The maximum Gasteiger partial charge on any atom is 0.308 e. The Morgan fingerprint density at radius 2 is 1.96 bits per heavy atom. The Morgan fingerprint density at radius 3 is 2.72 bits per heavy atom. The fourth-order valence-electron chi connectivity index (χ4n) is 3.52. The summed E-state index contributed by atoms with van der Waals surface area (Å²) in [4.78, 5) is 12.2. The number of anilines is 1. The molecule has 0 bridgehead atoms. The normalized spacial score (nSPS) is 17.2. The molecule has 0 amide bonds. The van der Waals surface area contributed by atoms with Gasteiger partial charge in [-0.1, -0.05) is 29.5 Å². The molecule has 25 heavy (non-hydrogen) atoms. The van der Waals surface area contributed by atoms with E-state index in [1.54, 1.807) is 22.8 Å². The molecule has 0 aliphatic carbocycles. The molecule has 5 nitrogen and oxygen atoms in total. The summed E-state index contributed by atoms with van der Waals surface area (Å²) in [6.45, 7) is 4.39. The van der Waals surface area contributed by atoms with Crippen LogP contribution in [0.5, 0.6) is 0 Å². The average Bonchev–Trinajstić information content (AvgIpc) is 3.08. The quantitative estimate of drug-likeness (QED) is 0.707. The van der Waals surface area contributed by atoms with Gasteiger partial charge in [-0.25, -0.2) is 8.42 Å². The molecule has 0 saturated carbocycles. The monoisotopic (exact) mass is 374 g/mol. The molecule has 0 spiro atoms. The second-order valence-electron chi connectivity index (χ2n) is 6.22. The summed E-state index contributed by atoms with van der Waals surface area (Å²) in [7, 11) is -3.67. The molecule has 0 N–H and O–H groups in total. The van der Waals surface area contributed by atoms with E-state index in [9.17, 15) is 13.2 Å². The first-order valence-electron chi connectivity index (χ1n) is 8.19. The van der Waals surface area contributed by atoms with Gasteiger partial charge in [-0.3, -0.25) is 13.7 Å². The smallest absolute Gasteiger partial charge is 0.299 e. The molecule has 1 aliphatic rings. The Morgan fingerprint density at radius 1 is 1.20 bits per heavy atom. The highest BCUT2D eigenvalue weighted by Gasteiger charge is 2.36. The number of rotatable bonds is 3. The van der Waals surface area contributed by atoms with Crippen LogP contribution < -0.4 is 9.18 Å². The van der Waals surface area contributed by atoms with Crippen LogP contribution in [0.15, 0.2) is 52.2 Å². The number of thiazole rings is 1. The van der Waals surface area contributed by atoms with E-state index in [2.05, 4.69) is 0 Å². The summed E-state index contributed by atoms with van der Waals surface area (Å²) >= 11 is 1.09. The van der Waals surface area contributed by atoms with Crippen molar-refractivity contribution in [1.82, 2.24) is 4.57 Å². The van der Waals surface area contributed by atoms with Crippen molar-refractivity contribution in [2.75, 3.05) is 4.31 Å². The van der Waals surface area contributed by atoms with Gasteiger partial charge in [-0.05, 0) is 50.1 Å². The number of fused-ring (bicyclic) bond motifs is 2. The Bertz CT molecular complexity index is 1130. The molecule has 4 rings (SSSR count). The highest BCUT2D eigenvalue weighted by molar-refractivity contribution is 7.93. The number of benzene rings is 2. The maximum absolute atomic E-state index is 13.3. The summed E-state index contributed by atoms with van der Waals surface area (Å²) in [5.74, 6) is 0. The fraction of sp³-hybridized carbons (Fsp3) is 0.278. The summed E-state index contributed by atoms with van der Waals surface area (Å²) in [5, 5.41) is 0. The van der Waals surface area contributed by atoms with E-state index in [-0.39, 0.29) is 15.8 Å². The van der Waals surface area contributed by atoms with Crippen molar-refractivity contribution >= 4 is 37.3 Å². The third-order valence-corrected chi connectivity index (χ3v) is 7.52. The lowest BCUT2D eigenvalue weighted by Gasteiger charge is -2.24. The predicted molar refractivity (Wildman–Crippen MR) is 101 cm³/mol. The third kappa shape index (κ3) is 2.41. The number of nitrogens with zero attached hydrogens (tertiary/aromatic N) is 2. The van der Waals surface area contributed by atoms with Gasteiger partial charge in [0.1, 0.15) is 0 Å². The van der Waals surface area contributed by atoms with Crippen LogP contribution in [0.2, 0.25) is 0 Å². The molecule has 0 fully saturated rings. The van der Waals surface area contributed by atoms with Gasteiger partial charge in [0.2, 0.25) is 0 Å². The molecule has 1 aromatic heterocycles. The zero-order valence-corrected chi connectivity index (χ0v) is 15.6. The minimum absolute atomic E-state index is 0.0630. The largest absolute Gasteiger partial charge is 0.308 e. The van der Waals surface area contributed by atoms with Gasteiger partial charge < -0.3 is 0 Å². The van der Waals surface area contributed by atoms with Gasteiger partial charge in [0.25, 0.3) is 10.0 Å². The van der Waals surface area contributed by atoms with Crippen LogP contribution in [0, 0.1) is 0 Å². The highest BCUT2D eigenvalue weighted by Crippen LogP contribution is 2.37. The number of hydrogen-bond donors (Lipinski definition) is 0. The number of hydrogen-bond acceptors (Lipinski definition) is 4. The van der Waals surface area contributed by atoms with Gasteiger partial charge in [-0.15, -0.1) is 0 Å². The lowest BCUT2D eigenvalue weighted by molar-refractivity contribution is 0.584. The van der Waals surface area contributed by atoms with E-state index < -0.39 is 10.0 Å². The number of aromatic nitrogens is 1. The average molecular weight is 374 g/mol. The molecular formula is C18H18N2O3S2. The molecule has 2 heterocycles. The number of sulfonamides is 1. The lowest BCUT2D eigenvalue weighted by atomic mass is 10.1. The highest BCUT2D eigenvalue weighted by atomic mass is 32.2. The van der Waals surface area contributed by atoms with Crippen molar-refractivity contribution in [1.29, 1.82) is 0 Å². The van der Waals surface area contributed by atoms with Crippen LogP contribution in [0.1, 0.15) is 19.4 Å². The zero-order valence-electron chi connectivity index (χ0n) is 14.0. The first kappa shape index (κ1) is 16.4. The van der Waals surface area contributed by atoms with E-state index in [0.717, 1.165) is 28.1 Å². The summed E-state index contributed by atoms with van der Waals surface area (Å²) in [6.07, 6.45) is 0.706. The van der Waals surface area contributed by atoms with Gasteiger partial charge in [0, 0.05) is 12.6 Å². The van der Waals surface area contributed by atoms with Gasteiger partial charge in [-0.2, -0.15) is 0 Å². The van der Waals surface area contributed by atoms with Crippen molar-refractivity contribution in [3.8, 4) is 0 Å². The van der Waals surface area contributed by atoms with Crippen molar-refractivity contribution in [2.24, 2.45) is 0 Å². The molecule has 3 aromatic rings. The van der Waals surface area contributed by atoms with Crippen molar-refractivity contribution in [2.45, 2.75) is 37.8 Å². The van der Waals surface area contributed by atoms with E-state index in [1.807, 2.05) is 38.1 Å². The Labute approximate surface area is 150 Å². The van der Waals surface area contributed by atoms with Crippen LogP contribution in [0.3, 0.4) is 0 Å². The summed E-state index contributed by atoms with van der Waals surface area (Å²) in [6, 6.07) is 12.4. The van der Waals surface area contributed by atoms with E-state index in [1.165, 1.54) is 4.31 Å². The van der Waals surface area contributed by atoms with E-state index in [4.69, 9.17) is 0 Å². The number of aryl methyl sites for hydroxylation is 1. The molecule has 2 aromatic carbocycles. The molecule has 0 saturated heterocycles. The second-order valence-corrected chi connectivity index (χ2v) is 9.03. The Hall–Kier alpha value is -2.12. The first-order valence-corrected chi connectivity index (χ1v) is 10.4. The van der Waals surface area contributed by atoms with Gasteiger partial charge >= 0.3 is 4.87 Å². The second kappa shape index (κ2) is 5.71. The maximum atomic E-state index is 13.3. The predicted octanol–water partition coefficient (Wildman–Crippen LogP) is 3.22. The molecule has 130 valence electrons. The van der Waals surface area contributed by atoms with Crippen LogP contribution in [-0.2, 0) is 23.0 Å². The molecular weight excluding hydrogens is 356 g/mol. The van der Waals surface area contributed by atoms with Crippen LogP contribution >= 0.6 is 11.3 Å². The van der Waals surface area contributed by atoms with E-state index in [0.29, 0.717) is 17.7 Å². The molecule has 0 radical (unpaired) electrons. The summed E-state index contributed by atoms with van der Waals surface area (Å²) < 4.78 is 30.4. The Balaban J connectivity index is 1.86. The number of para-hydroxylation sites is 1. The zero-order chi connectivity index (χ0) is 17.8. The van der Waals surface area contributed by atoms with Crippen LogP contribution in [0.25, 0.3) is 10.2 Å². The minimum Gasteiger partial charge on any atom is -0.299 e. The molecule has 1 aliphatic heterocycles. The summed E-state index contributed by atoms with van der Waals surface area (Å²) in [5.41, 5.74) is 2.57. The lowest BCUT2D eigenvalue weighted by Crippen LogP contribution is -2.35. The van der Waals surface area contributed by atoms with Gasteiger partial charge in [0.15, 0.2) is 0 Å². The van der Waals surface area contributed by atoms with Crippen molar-refractivity contribution in [3.05, 3.63) is 57.7 Å². The van der Waals surface area contributed by atoms with Gasteiger partial charge in [0.05, 0.1) is 20.8 Å². The molecule has 1 atom stereocenters. The van der Waals surface area contributed by atoms with Crippen molar-refractivity contribution in [3.63, 3.8) is 0 Å². The van der Waals surface area contributed by atoms with E-state index >= 15 is 0 Å². The third-order valence-electron chi connectivity index (χ3n) is 4.66. The topological polar surface area (TPSA) is 59.4 Å². The SMILES string of the molecule is CCn1c(=O)sc2cc(S(=O)(=O)N3c4ccccc4C[C@H]3C)ccc21. The fourth-order valence-corrected chi connectivity index (χ4v) is 6.31. The molecule has 7 heteroatoms. The van der Waals surface area contributed by atoms with Crippen molar-refractivity contribution < 1.29 is 8.42 Å². The van der Waals surface area contributed by atoms with Crippen LogP contribution in [-0.4, -0.2) is 19.0 Å². The minimum atomic E-state index is -3.67. The first-order chi connectivity index (χ1) is 11.9. The standard InChI is InChI=1S/C18H18N2O3S2/c1-3-19-16-9-8-14(11-17(16)24-18(19)21)25(22,23)20-12(2)10-13-6-4-5-7-15(13)20/h4-9,11-12H,3,10H2,1-2H3/t12-/m1/s1.